The van der Waals surface area contributed by atoms with E-state index in [0.717, 1.165) is 22.5 Å². The van der Waals surface area contributed by atoms with Crippen LogP contribution in [0, 0.1) is 5.92 Å². The molecule has 0 aromatic heterocycles. The number of halogens is 1. The summed E-state index contributed by atoms with van der Waals surface area (Å²) in [5.41, 5.74) is 3.40. The van der Waals surface area contributed by atoms with Crippen LogP contribution >= 0.6 is 11.6 Å². The molecule has 2 saturated carbocycles. The monoisotopic (exact) mass is 536 g/mol. The van der Waals surface area contributed by atoms with Gasteiger partial charge in [0, 0.05) is 48.2 Å². The van der Waals surface area contributed by atoms with Gasteiger partial charge in [-0.1, -0.05) is 49.4 Å². The molecule has 2 aliphatic carbocycles. The van der Waals surface area contributed by atoms with Gasteiger partial charge in [0.1, 0.15) is 11.3 Å². The highest BCUT2D eigenvalue weighted by atomic mass is 35.5. The lowest BCUT2D eigenvalue weighted by molar-refractivity contribution is -0.143. The van der Waals surface area contributed by atoms with Crippen molar-refractivity contribution in [2.24, 2.45) is 5.92 Å². The van der Waals surface area contributed by atoms with Crippen LogP contribution in [0.2, 0.25) is 5.02 Å². The number of carbonyl (C=O) groups excluding carboxylic acids is 2. The maximum atomic E-state index is 13.2. The first-order valence-electron chi connectivity index (χ1n) is 14.1. The lowest BCUT2D eigenvalue weighted by Crippen LogP contribution is -2.53. The summed E-state index contributed by atoms with van der Waals surface area (Å²) in [6, 6.07) is 11.7. The molecule has 3 N–H and O–H groups in total. The van der Waals surface area contributed by atoms with E-state index in [1.165, 1.54) is 38.5 Å². The number of amides is 2. The molecule has 38 heavy (non-hydrogen) atoms. The molecule has 2 aromatic carbocycles. The zero-order valence-corrected chi connectivity index (χ0v) is 22.8. The second-order valence-corrected chi connectivity index (χ2v) is 12.1. The van der Waals surface area contributed by atoms with Gasteiger partial charge in [0.25, 0.3) is 11.8 Å². The number of carbonyl (C=O) groups is 2. The fraction of sp³-hybridized carbons (Fsp3) is 0.533. The van der Waals surface area contributed by atoms with Crippen LogP contribution in [0.1, 0.15) is 68.6 Å². The number of nitrogens with zero attached hydrogens (tertiary/aromatic N) is 2. The number of hydrogen-bond acceptors (Lipinski definition) is 5. The minimum atomic E-state index is -1.15. The molecule has 0 spiro atoms. The van der Waals surface area contributed by atoms with Crippen LogP contribution in [-0.2, 0) is 4.79 Å². The number of piperazine rings is 1. The Morgan fingerprint density at radius 2 is 1.55 bits per heavy atom. The quantitative estimate of drug-likeness (QED) is 0.459. The summed E-state index contributed by atoms with van der Waals surface area (Å²) in [4.78, 5) is 29.1. The van der Waals surface area contributed by atoms with E-state index in [-0.39, 0.29) is 17.5 Å². The molecular weight excluding hydrogens is 500 g/mol. The van der Waals surface area contributed by atoms with Gasteiger partial charge in [-0.05, 0) is 62.4 Å². The predicted octanol–water partition coefficient (Wildman–Crippen LogP) is 5.34. The lowest BCUT2D eigenvalue weighted by atomic mass is 9.87. The second kappa shape index (κ2) is 9.76. The zero-order chi connectivity index (χ0) is 26.5. The minimum Gasteiger partial charge on any atom is -0.380 e. The summed E-state index contributed by atoms with van der Waals surface area (Å²) in [5, 5.41) is 18.4. The summed E-state index contributed by atoms with van der Waals surface area (Å²) < 4.78 is 0. The zero-order valence-electron chi connectivity index (χ0n) is 22.1. The van der Waals surface area contributed by atoms with Gasteiger partial charge in [-0.15, -0.1) is 0 Å². The van der Waals surface area contributed by atoms with Gasteiger partial charge in [-0.3, -0.25) is 9.59 Å². The molecule has 0 radical (unpaired) electrons. The van der Waals surface area contributed by atoms with Crippen molar-refractivity contribution >= 4 is 34.8 Å². The van der Waals surface area contributed by atoms with Crippen LogP contribution in [0.4, 0.5) is 11.4 Å². The van der Waals surface area contributed by atoms with Gasteiger partial charge in [0.2, 0.25) is 0 Å². The normalized spacial score (nSPS) is 24.7. The third-order valence-electron chi connectivity index (χ3n) is 8.97. The molecule has 7 nitrogen and oxygen atoms in total. The average molecular weight is 537 g/mol. The number of rotatable bonds is 4. The van der Waals surface area contributed by atoms with Crippen LogP contribution in [0.5, 0.6) is 0 Å². The maximum Gasteiger partial charge on any atom is 0.254 e. The Morgan fingerprint density at radius 1 is 0.921 bits per heavy atom. The van der Waals surface area contributed by atoms with Gasteiger partial charge >= 0.3 is 0 Å². The van der Waals surface area contributed by atoms with E-state index < -0.39 is 5.60 Å². The Labute approximate surface area is 229 Å². The number of hydrogen-bond donors (Lipinski definition) is 3. The van der Waals surface area contributed by atoms with Crippen molar-refractivity contribution in [2.45, 2.75) is 69.6 Å². The molecule has 0 bridgehead atoms. The number of aliphatic hydroxyl groups is 1. The Bertz CT molecular complexity index is 1230. The highest BCUT2D eigenvalue weighted by molar-refractivity contribution is 6.31. The summed E-state index contributed by atoms with van der Waals surface area (Å²) in [7, 11) is 0. The Hall–Kier alpha value is -2.77. The number of fused-ring (bicyclic) bond motifs is 1. The first kappa shape index (κ1) is 25.5. The molecule has 8 heteroatoms. The molecule has 2 amide bonds. The SMILES string of the molecule is CC1(C2CCCCCC2)Nc2cc(Cl)cc(-c3ccc(C(=O)N4CCN(C(=O)C5(O)CC5)CC4)cc3)c2N1. The van der Waals surface area contributed by atoms with E-state index >= 15 is 0 Å². The summed E-state index contributed by atoms with van der Waals surface area (Å²) in [6.45, 7) is 4.12. The molecule has 2 aromatic rings. The van der Waals surface area contributed by atoms with E-state index in [0.29, 0.717) is 55.5 Å². The van der Waals surface area contributed by atoms with Crippen molar-refractivity contribution in [1.82, 2.24) is 9.80 Å². The van der Waals surface area contributed by atoms with Gasteiger partial charge in [-0.25, -0.2) is 0 Å². The third kappa shape index (κ3) is 4.75. The van der Waals surface area contributed by atoms with E-state index in [1.54, 1.807) is 9.80 Å². The van der Waals surface area contributed by atoms with Crippen LogP contribution in [0.25, 0.3) is 11.1 Å². The van der Waals surface area contributed by atoms with Crippen LogP contribution in [-0.4, -0.2) is 64.2 Å². The van der Waals surface area contributed by atoms with Crippen molar-refractivity contribution in [3.8, 4) is 11.1 Å². The van der Waals surface area contributed by atoms with E-state index in [1.807, 2.05) is 36.4 Å². The number of benzene rings is 2. The predicted molar refractivity (Wildman–Crippen MR) is 150 cm³/mol. The second-order valence-electron chi connectivity index (χ2n) is 11.7. The molecule has 4 aliphatic rings. The van der Waals surface area contributed by atoms with Gasteiger partial charge in [0.15, 0.2) is 0 Å². The number of nitrogens with one attached hydrogen (secondary N) is 2. The lowest BCUT2D eigenvalue weighted by Gasteiger charge is -2.35. The van der Waals surface area contributed by atoms with Crippen molar-refractivity contribution in [3.63, 3.8) is 0 Å². The molecule has 1 unspecified atom stereocenters. The van der Waals surface area contributed by atoms with Gasteiger partial charge in [-0.2, -0.15) is 0 Å². The smallest absolute Gasteiger partial charge is 0.254 e. The number of anilines is 2. The molecule has 3 fully saturated rings. The molecule has 202 valence electrons. The topological polar surface area (TPSA) is 84.9 Å². The van der Waals surface area contributed by atoms with Crippen molar-refractivity contribution in [3.05, 3.63) is 47.0 Å². The molecule has 2 heterocycles. The summed E-state index contributed by atoms with van der Waals surface area (Å²) >= 11 is 6.56. The van der Waals surface area contributed by atoms with Crippen molar-refractivity contribution in [1.29, 1.82) is 0 Å². The Balaban J connectivity index is 1.16. The average Bonchev–Trinajstić information content (AvgIpc) is 3.66. The standard InChI is InChI=1S/C30H37ClN4O3/c1-29(22-6-4-2-3-5-7-22)32-25-19-23(31)18-24(26(25)33-29)20-8-10-21(11-9-20)27(36)34-14-16-35(17-15-34)28(37)30(38)12-13-30/h8-11,18-19,22,32-33,38H,2-7,12-17H2,1H3. The Morgan fingerprint density at radius 3 is 2.18 bits per heavy atom. The van der Waals surface area contributed by atoms with Crippen molar-refractivity contribution in [2.75, 3.05) is 36.8 Å². The fourth-order valence-corrected chi connectivity index (χ4v) is 6.63. The van der Waals surface area contributed by atoms with Crippen molar-refractivity contribution < 1.29 is 14.7 Å². The molecule has 1 saturated heterocycles. The highest BCUT2D eigenvalue weighted by Gasteiger charge is 2.50. The first-order valence-corrected chi connectivity index (χ1v) is 14.4. The van der Waals surface area contributed by atoms with Gasteiger partial charge < -0.3 is 25.5 Å². The molecule has 1 atom stereocenters. The minimum absolute atomic E-state index is 0.0363. The third-order valence-corrected chi connectivity index (χ3v) is 9.19. The highest BCUT2D eigenvalue weighted by Crippen LogP contribution is 2.47. The molecule has 6 rings (SSSR count). The van der Waals surface area contributed by atoms with Crippen LogP contribution in [0.15, 0.2) is 36.4 Å². The summed E-state index contributed by atoms with van der Waals surface area (Å²) in [6.07, 6.45) is 8.70. The van der Waals surface area contributed by atoms with Gasteiger partial charge in [0.05, 0.1) is 11.4 Å². The first-order chi connectivity index (χ1) is 18.3. The van der Waals surface area contributed by atoms with E-state index in [2.05, 4.69) is 17.6 Å². The van der Waals surface area contributed by atoms with E-state index in [9.17, 15) is 14.7 Å². The van der Waals surface area contributed by atoms with E-state index in [4.69, 9.17) is 11.6 Å². The summed E-state index contributed by atoms with van der Waals surface area (Å²) in [5.74, 6) is 0.319. The van der Waals surface area contributed by atoms with Crippen LogP contribution < -0.4 is 10.6 Å². The Kier molecular flexibility index (Phi) is 6.55. The largest absolute Gasteiger partial charge is 0.380 e. The van der Waals surface area contributed by atoms with Crippen LogP contribution in [0.3, 0.4) is 0 Å². The fourth-order valence-electron chi connectivity index (χ4n) is 6.41. The maximum absolute atomic E-state index is 13.2. The molecule has 2 aliphatic heterocycles. The molecular formula is C30H37ClN4O3.